The Hall–Kier alpha value is -3.29. The highest BCUT2D eigenvalue weighted by molar-refractivity contribution is 7.92. The first-order chi connectivity index (χ1) is 17.8. The van der Waals surface area contributed by atoms with Gasteiger partial charge in [-0.25, -0.2) is 23.0 Å². The minimum Gasteiger partial charge on any atom is -0.506 e. The van der Waals surface area contributed by atoms with Crippen molar-refractivity contribution in [2.45, 2.75) is 91.5 Å². The van der Waals surface area contributed by atoms with Crippen molar-refractivity contribution < 1.29 is 41.8 Å². The average Bonchev–Trinajstić information content (AvgIpc) is 3.24. The number of aromatic hydroxyl groups is 1. The average molecular weight is 573 g/mol. The molecular weight excluding hydrogens is 535 g/mol. The lowest BCUT2D eigenvalue weighted by Crippen LogP contribution is -2.51. The van der Waals surface area contributed by atoms with E-state index in [0.717, 1.165) is 11.0 Å². The van der Waals surface area contributed by atoms with Crippen molar-refractivity contribution in [3.8, 4) is 5.75 Å². The largest absolute Gasteiger partial charge is 0.506 e. The van der Waals surface area contributed by atoms with Crippen LogP contribution < -0.4 is 13.9 Å². The van der Waals surface area contributed by atoms with Crippen molar-refractivity contribution in [1.29, 1.82) is 0 Å². The zero-order valence-electron chi connectivity index (χ0n) is 23.5. The van der Waals surface area contributed by atoms with Crippen LogP contribution in [-0.4, -0.2) is 72.9 Å². The SMILES string of the molecule is CC[C@@H](C)N(C[C@H]1Cc2c(cc(O)c(N3CC(=O)NS3(=O)=O)c2F)N1C(=O)OC(C)(C)C)C(=O)OC(C)(C)C. The molecule has 1 fully saturated rings. The van der Waals surface area contributed by atoms with Crippen molar-refractivity contribution in [2.75, 3.05) is 22.3 Å². The lowest BCUT2D eigenvalue weighted by Gasteiger charge is -2.36. The molecule has 0 saturated carbocycles. The fourth-order valence-corrected chi connectivity index (χ4v) is 5.54. The Bertz CT molecular complexity index is 1270. The number of anilines is 2. The van der Waals surface area contributed by atoms with Gasteiger partial charge in [-0.3, -0.25) is 9.69 Å². The number of nitrogens with one attached hydrogen (secondary N) is 1. The minimum atomic E-state index is -4.42. The van der Waals surface area contributed by atoms with Crippen molar-refractivity contribution in [1.82, 2.24) is 9.62 Å². The molecule has 0 aromatic heterocycles. The Balaban J connectivity index is 2.10. The van der Waals surface area contributed by atoms with Crippen molar-refractivity contribution in [3.63, 3.8) is 0 Å². The van der Waals surface area contributed by atoms with Gasteiger partial charge in [0.2, 0.25) is 0 Å². The Morgan fingerprint density at radius 2 is 1.79 bits per heavy atom. The number of phenolic OH excluding ortho intramolecular Hbond substituents is 1. The first-order valence-corrected chi connectivity index (χ1v) is 14.1. The number of nitrogens with zero attached hydrogens (tertiary/aromatic N) is 3. The van der Waals surface area contributed by atoms with Crippen LogP contribution in [0.15, 0.2) is 6.07 Å². The molecule has 2 heterocycles. The van der Waals surface area contributed by atoms with Gasteiger partial charge >= 0.3 is 22.4 Å². The monoisotopic (exact) mass is 572 g/mol. The van der Waals surface area contributed by atoms with Crippen molar-refractivity contribution in [2.24, 2.45) is 0 Å². The Morgan fingerprint density at radius 1 is 1.21 bits per heavy atom. The number of amides is 3. The summed E-state index contributed by atoms with van der Waals surface area (Å²) in [5.41, 5.74) is -2.50. The molecule has 0 aliphatic carbocycles. The summed E-state index contributed by atoms with van der Waals surface area (Å²) in [4.78, 5) is 40.8. The van der Waals surface area contributed by atoms with Crippen LogP contribution in [0.4, 0.5) is 25.4 Å². The molecule has 2 N–H and O–H groups in total. The highest BCUT2D eigenvalue weighted by Crippen LogP contribution is 2.45. The molecule has 3 amide bonds. The third-order valence-electron chi connectivity index (χ3n) is 6.18. The number of benzene rings is 1. The van der Waals surface area contributed by atoms with Crippen LogP contribution in [-0.2, 0) is 30.9 Å². The third kappa shape index (κ3) is 6.48. The summed E-state index contributed by atoms with van der Waals surface area (Å²) in [5, 5.41) is 10.7. The molecule has 0 radical (unpaired) electrons. The quantitative estimate of drug-likeness (QED) is 0.546. The number of carbonyl (C=O) groups is 3. The Kier molecular flexibility index (Phi) is 8.03. The standard InChI is InChI=1S/C25H37FN4O8S/c1-9-14(2)28(22(33)37-24(3,4)5)12-15-10-16-17(30(15)23(34)38-25(6,7)8)11-18(31)21(20(16)26)29-13-19(32)27-39(29,35)36/h11,14-15,31H,9-10,12-13H2,1-8H3,(H,27,32)/t14-,15-/m1/s1. The molecule has 0 bridgehead atoms. The van der Waals surface area contributed by atoms with Crippen LogP contribution in [0.1, 0.15) is 67.4 Å². The molecule has 14 heteroatoms. The van der Waals surface area contributed by atoms with E-state index in [0.29, 0.717) is 10.7 Å². The van der Waals surface area contributed by atoms with E-state index in [-0.39, 0.29) is 30.3 Å². The topological polar surface area (TPSA) is 146 Å². The number of carbonyl (C=O) groups excluding carboxylic acids is 3. The number of ether oxygens (including phenoxy) is 2. The first-order valence-electron chi connectivity index (χ1n) is 12.6. The maximum Gasteiger partial charge on any atom is 0.415 e. The van der Waals surface area contributed by atoms with Crippen LogP contribution in [0.5, 0.6) is 5.75 Å². The number of phenols is 1. The van der Waals surface area contributed by atoms with E-state index < -0.39 is 69.3 Å². The number of fused-ring (bicyclic) bond motifs is 1. The summed E-state index contributed by atoms with van der Waals surface area (Å²) in [7, 11) is -4.42. The van der Waals surface area contributed by atoms with Crippen molar-refractivity contribution in [3.05, 3.63) is 17.4 Å². The molecule has 3 rings (SSSR count). The summed E-state index contributed by atoms with van der Waals surface area (Å²) in [6.07, 6.45) is -1.01. The summed E-state index contributed by atoms with van der Waals surface area (Å²) in [5.74, 6) is -2.77. The van der Waals surface area contributed by atoms with E-state index in [9.17, 15) is 27.9 Å². The number of rotatable bonds is 5. The van der Waals surface area contributed by atoms with Crippen LogP contribution in [0.25, 0.3) is 0 Å². The van der Waals surface area contributed by atoms with Gasteiger partial charge in [0.15, 0.2) is 5.82 Å². The van der Waals surface area contributed by atoms with Gasteiger partial charge in [-0.1, -0.05) is 6.92 Å². The molecule has 2 atom stereocenters. The van der Waals surface area contributed by atoms with Crippen LogP contribution >= 0.6 is 0 Å². The predicted molar refractivity (Wildman–Crippen MR) is 141 cm³/mol. The molecule has 2 aliphatic heterocycles. The maximum atomic E-state index is 16.0. The second-order valence-corrected chi connectivity index (χ2v) is 13.3. The van der Waals surface area contributed by atoms with Crippen LogP contribution in [0.3, 0.4) is 0 Å². The van der Waals surface area contributed by atoms with E-state index in [1.807, 2.05) is 13.8 Å². The molecule has 1 aromatic carbocycles. The van der Waals surface area contributed by atoms with Gasteiger partial charge in [-0.2, -0.15) is 8.42 Å². The van der Waals surface area contributed by atoms with E-state index in [2.05, 4.69) is 0 Å². The molecule has 0 unspecified atom stereocenters. The third-order valence-corrected chi connectivity index (χ3v) is 7.56. The molecule has 1 saturated heterocycles. The van der Waals surface area contributed by atoms with Gasteiger partial charge in [-0.15, -0.1) is 0 Å². The zero-order valence-corrected chi connectivity index (χ0v) is 24.3. The van der Waals surface area contributed by atoms with Crippen molar-refractivity contribution >= 4 is 39.7 Å². The fourth-order valence-electron chi connectivity index (χ4n) is 4.38. The number of halogens is 1. The van der Waals surface area contributed by atoms with Gasteiger partial charge in [0.1, 0.15) is 29.2 Å². The molecular formula is C25H37FN4O8S. The molecule has 39 heavy (non-hydrogen) atoms. The van der Waals surface area contributed by atoms with E-state index >= 15 is 4.39 Å². The Labute approximate surface area is 228 Å². The smallest absolute Gasteiger partial charge is 0.415 e. The fraction of sp³-hybridized carbons (Fsp3) is 0.640. The van der Waals surface area contributed by atoms with Gasteiger partial charge in [0.05, 0.1) is 11.7 Å². The van der Waals surface area contributed by atoms with E-state index in [4.69, 9.17) is 9.47 Å². The molecule has 218 valence electrons. The minimum absolute atomic E-state index is 0.0304. The zero-order chi connectivity index (χ0) is 29.7. The van der Waals surface area contributed by atoms with Gasteiger partial charge in [0, 0.05) is 30.6 Å². The molecule has 0 spiro atoms. The van der Waals surface area contributed by atoms with Gasteiger partial charge < -0.3 is 19.5 Å². The summed E-state index contributed by atoms with van der Waals surface area (Å²) < 4.78 is 54.1. The summed E-state index contributed by atoms with van der Waals surface area (Å²) >= 11 is 0. The molecule has 1 aromatic rings. The normalized spacial score (nSPS) is 19.4. The summed E-state index contributed by atoms with van der Waals surface area (Å²) in [6, 6.07) is -0.0722. The van der Waals surface area contributed by atoms with E-state index in [1.165, 1.54) is 4.90 Å². The second kappa shape index (κ2) is 10.4. The van der Waals surface area contributed by atoms with Gasteiger partial charge in [0.25, 0.3) is 5.91 Å². The van der Waals surface area contributed by atoms with E-state index in [1.54, 1.807) is 46.3 Å². The summed E-state index contributed by atoms with van der Waals surface area (Å²) in [6.45, 7) is 13.1. The first kappa shape index (κ1) is 30.3. The lowest BCUT2D eigenvalue weighted by atomic mass is 10.1. The Morgan fingerprint density at radius 3 is 2.28 bits per heavy atom. The number of hydrogen-bond donors (Lipinski definition) is 2. The maximum absolute atomic E-state index is 16.0. The number of hydrogen-bond acceptors (Lipinski definition) is 8. The van der Waals surface area contributed by atoms with Crippen LogP contribution in [0.2, 0.25) is 0 Å². The molecule has 2 aliphatic rings. The lowest BCUT2D eigenvalue weighted by molar-refractivity contribution is -0.117. The second-order valence-electron chi connectivity index (χ2n) is 11.7. The molecule has 12 nitrogen and oxygen atoms in total. The van der Waals surface area contributed by atoms with Crippen LogP contribution in [0, 0.1) is 5.82 Å². The highest BCUT2D eigenvalue weighted by atomic mass is 32.2. The van der Waals surface area contributed by atoms with Gasteiger partial charge in [-0.05, 0) is 54.9 Å². The highest BCUT2D eigenvalue weighted by Gasteiger charge is 2.45. The predicted octanol–water partition coefficient (Wildman–Crippen LogP) is 3.41.